The van der Waals surface area contributed by atoms with Crippen molar-refractivity contribution >= 4 is 27.7 Å². The molecule has 162 valence electrons. The van der Waals surface area contributed by atoms with E-state index in [4.69, 9.17) is 4.74 Å². The molecule has 0 aromatic heterocycles. The summed E-state index contributed by atoms with van der Waals surface area (Å²) in [6, 6.07) is 12.1. The Morgan fingerprint density at radius 1 is 1.13 bits per heavy atom. The van der Waals surface area contributed by atoms with Crippen LogP contribution in [0.15, 0.2) is 52.3 Å². The SMILES string of the molecule is CSc1ccc(S(=O)(=O)NCc2ccc(OC(C)C)cc2)cc1C(=O)N1CCCC1. The van der Waals surface area contributed by atoms with Gasteiger partial charge in [0.15, 0.2) is 0 Å². The van der Waals surface area contributed by atoms with E-state index < -0.39 is 10.0 Å². The fourth-order valence-corrected chi connectivity index (χ4v) is 4.95. The van der Waals surface area contributed by atoms with Crippen LogP contribution in [0, 0.1) is 0 Å². The second-order valence-electron chi connectivity index (χ2n) is 7.50. The van der Waals surface area contributed by atoms with Crippen LogP contribution < -0.4 is 9.46 Å². The van der Waals surface area contributed by atoms with Crippen molar-refractivity contribution in [3.63, 3.8) is 0 Å². The van der Waals surface area contributed by atoms with Gasteiger partial charge in [0.25, 0.3) is 5.91 Å². The lowest BCUT2D eigenvalue weighted by Gasteiger charge is -2.18. The summed E-state index contributed by atoms with van der Waals surface area (Å²) >= 11 is 1.44. The molecule has 2 aromatic rings. The molecule has 0 radical (unpaired) electrons. The zero-order valence-corrected chi connectivity index (χ0v) is 19.2. The Morgan fingerprint density at radius 2 is 1.80 bits per heavy atom. The van der Waals surface area contributed by atoms with Gasteiger partial charge in [-0.2, -0.15) is 0 Å². The zero-order chi connectivity index (χ0) is 21.7. The largest absolute Gasteiger partial charge is 0.491 e. The number of ether oxygens (including phenoxy) is 1. The molecule has 1 fully saturated rings. The van der Waals surface area contributed by atoms with E-state index in [0.29, 0.717) is 5.56 Å². The maximum atomic E-state index is 12.9. The summed E-state index contributed by atoms with van der Waals surface area (Å²) in [5, 5.41) is 0. The van der Waals surface area contributed by atoms with E-state index in [1.54, 1.807) is 17.0 Å². The average molecular weight is 449 g/mol. The Kier molecular flexibility index (Phi) is 7.44. The Bertz CT molecular complexity index is 983. The highest BCUT2D eigenvalue weighted by atomic mass is 32.2. The first kappa shape index (κ1) is 22.7. The molecule has 2 aromatic carbocycles. The van der Waals surface area contributed by atoms with Gasteiger partial charge in [-0.05, 0) is 68.8 Å². The first-order chi connectivity index (χ1) is 14.3. The molecule has 0 atom stereocenters. The number of nitrogens with one attached hydrogen (secondary N) is 1. The lowest BCUT2D eigenvalue weighted by Crippen LogP contribution is -2.29. The molecule has 1 aliphatic heterocycles. The molecule has 0 spiro atoms. The van der Waals surface area contributed by atoms with E-state index in [9.17, 15) is 13.2 Å². The molecule has 0 bridgehead atoms. The van der Waals surface area contributed by atoms with E-state index >= 15 is 0 Å². The molecule has 1 amide bonds. The average Bonchev–Trinajstić information content (AvgIpc) is 3.27. The molecule has 0 aliphatic carbocycles. The molecule has 30 heavy (non-hydrogen) atoms. The molecule has 1 N–H and O–H groups in total. The molecule has 3 rings (SSSR count). The Balaban J connectivity index is 1.75. The summed E-state index contributed by atoms with van der Waals surface area (Å²) in [6.07, 6.45) is 3.94. The van der Waals surface area contributed by atoms with Crippen molar-refractivity contribution in [3.05, 3.63) is 53.6 Å². The van der Waals surface area contributed by atoms with Crippen molar-refractivity contribution in [3.8, 4) is 5.75 Å². The fourth-order valence-electron chi connectivity index (χ4n) is 3.33. The first-order valence-corrected chi connectivity index (χ1v) is 12.7. The maximum absolute atomic E-state index is 12.9. The van der Waals surface area contributed by atoms with Crippen molar-refractivity contribution in [1.82, 2.24) is 9.62 Å². The van der Waals surface area contributed by atoms with Crippen LogP contribution in [-0.4, -0.2) is 44.7 Å². The summed E-state index contributed by atoms with van der Waals surface area (Å²) < 4.78 is 33.9. The molecule has 1 heterocycles. The van der Waals surface area contributed by atoms with Crippen LogP contribution in [0.3, 0.4) is 0 Å². The molecule has 8 heteroatoms. The molecular weight excluding hydrogens is 420 g/mol. The van der Waals surface area contributed by atoms with Gasteiger partial charge in [0.2, 0.25) is 10.0 Å². The van der Waals surface area contributed by atoms with Gasteiger partial charge in [0.05, 0.1) is 16.6 Å². The number of hydrogen-bond donors (Lipinski definition) is 1. The zero-order valence-electron chi connectivity index (χ0n) is 17.6. The topological polar surface area (TPSA) is 75.7 Å². The number of thioether (sulfide) groups is 1. The predicted molar refractivity (Wildman–Crippen MR) is 120 cm³/mol. The quantitative estimate of drug-likeness (QED) is 0.620. The van der Waals surface area contributed by atoms with Crippen molar-refractivity contribution < 1.29 is 17.9 Å². The van der Waals surface area contributed by atoms with E-state index in [2.05, 4.69) is 4.72 Å². The Morgan fingerprint density at radius 3 is 2.40 bits per heavy atom. The van der Waals surface area contributed by atoms with Gasteiger partial charge in [-0.15, -0.1) is 11.8 Å². The minimum absolute atomic E-state index is 0.0797. The number of carbonyl (C=O) groups excluding carboxylic acids is 1. The van der Waals surface area contributed by atoms with E-state index in [0.717, 1.165) is 42.1 Å². The van der Waals surface area contributed by atoms with Crippen LogP contribution in [0.2, 0.25) is 0 Å². The summed E-state index contributed by atoms with van der Waals surface area (Å²) in [7, 11) is -3.75. The van der Waals surface area contributed by atoms with Gasteiger partial charge in [-0.3, -0.25) is 4.79 Å². The third-order valence-electron chi connectivity index (χ3n) is 4.87. The summed E-state index contributed by atoms with van der Waals surface area (Å²) in [6.45, 7) is 5.50. The highest BCUT2D eigenvalue weighted by Crippen LogP contribution is 2.26. The van der Waals surface area contributed by atoms with Gasteiger partial charge in [0.1, 0.15) is 5.75 Å². The monoisotopic (exact) mass is 448 g/mol. The minimum Gasteiger partial charge on any atom is -0.491 e. The highest BCUT2D eigenvalue weighted by Gasteiger charge is 2.24. The van der Waals surface area contributed by atoms with Gasteiger partial charge in [-0.25, -0.2) is 13.1 Å². The summed E-state index contributed by atoms with van der Waals surface area (Å²) in [5.74, 6) is 0.643. The van der Waals surface area contributed by atoms with Crippen molar-refractivity contribution in [2.45, 2.75) is 49.1 Å². The third kappa shape index (κ3) is 5.56. The number of carbonyl (C=O) groups is 1. The number of nitrogens with zero attached hydrogens (tertiary/aromatic N) is 1. The number of sulfonamides is 1. The van der Waals surface area contributed by atoms with Gasteiger partial charge >= 0.3 is 0 Å². The molecule has 6 nitrogen and oxygen atoms in total. The third-order valence-corrected chi connectivity index (χ3v) is 7.06. The smallest absolute Gasteiger partial charge is 0.255 e. The highest BCUT2D eigenvalue weighted by molar-refractivity contribution is 7.98. The number of hydrogen-bond acceptors (Lipinski definition) is 5. The molecule has 0 unspecified atom stereocenters. The lowest BCUT2D eigenvalue weighted by atomic mass is 10.2. The number of benzene rings is 2. The van der Waals surface area contributed by atoms with Crippen molar-refractivity contribution in [2.24, 2.45) is 0 Å². The van der Waals surface area contributed by atoms with Gasteiger partial charge in [0, 0.05) is 24.5 Å². The number of amides is 1. The van der Waals surface area contributed by atoms with Crippen LogP contribution in [0.5, 0.6) is 5.75 Å². The number of rotatable bonds is 8. The van der Waals surface area contributed by atoms with Crippen LogP contribution in [0.25, 0.3) is 0 Å². The maximum Gasteiger partial charge on any atom is 0.255 e. The van der Waals surface area contributed by atoms with Crippen LogP contribution in [-0.2, 0) is 16.6 Å². The predicted octanol–water partition coefficient (Wildman–Crippen LogP) is 3.91. The van der Waals surface area contributed by atoms with E-state index in [1.807, 2.05) is 44.4 Å². The normalized spacial score (nSPS) is 14.3. The standard InChI is InChI=1S/C22H28N2O4S2/c1-16(2)28-18-8-6-17(7-9-18)15-23-30(26,27)19-10-11-21(29-3)20(14-19)22(25)24-12-4-5-13-24/h6-11,14,16,23H,4-5,12-13,15H2,1-3H3. The Hall–Kier alpha value is -2.03. The van der Waals surface area contributed by atoms with Crippen LogP contribution in [0.1, 0.15) is 42.6 Å². The van der Waals surface area contributed by atoms with Gasteiger partial charge in [-0.1, -0.05) is 12.1 Å². The number of likely N-dealkylation sites (tertiary alicyclic amines) is 1. The van der Waals surface area contributed by atoms with Crippen molar-refractivity contribution in [1.29, 1.82) is 0 Å². The minimum atomic E-state index is -3.75. The van der Waals surface area contributed by atoms with Gasteiger partial charge < -0.3 is 9.64 Å². The fraction of sp³-hybridized carbons (Fsp3) is 0.409. The molecule has 1 saturated heterocycles. The van der Waals surface area contributed by atoms with E-state index in [1.165, 1.54) is 17.8 Å². The molecule has 0 saturated carbocycles. The van der Waals surface area contributed by atoms with E-state index in [-0.39, 0.29) is 23.5 Å². The van der Waals surface area contributed by atoms with Crippen LogP contribution in [0.4, 0.5) is 0 Å². The molecular formula is C22H28N2O4S2. The molecule has 1 aliphatic rings. The summed E-state index contributed by atoms with van der Waals surface area (Å²) in [4.78, 5) is 15.6. The van der Waals surface area contributed by atoms with Crippen molar-refractivity contribution in [2.75, 3.05) is 19.3 Å². The van der Waals surface area contributed by atoms with Crippen LogP contribution >= 0.6 is 11.8 Å². The first-order valence-electron chi connectivity index (χ1n) is 10.0. The second kappa shape index (κ2) is 9.85. The summed E-state index contributed by atoms with van der Waals surface area (Å²) in [5.41, 5.74) is 1.27. The Labute approximate surface area is 183 Å². The second-order valence-corrected chi connectivity index (χ2v) is 10.1. The lowest BCUT2D eigenvalue weighted by molar-refractivity contribution is 0.0789.